The number of rotatable bonds is 20. The molecule has 69 heavy (non-hydrogen) atoms. The molecular formula is C41H36F18O8S2. The van der Waals surface area contributed by atoms with Crippen LogP contribution in [-0.4, -0.2) is 44.7 Å². The molecule has 1 fully saturated rings. The largest absolute Gasteiger partial charge is 0.493 e. The van der Waals surface area contributed by atoms with Crippen LogP contribution in [-0.2, 0) is 9.47 Å². The minimum atomic E-state index is -10.9. The van der Waals surface area contributed by atoms with E-state index in [4.69, 9.17) is 18.9 Å². The van der Waals surface area contributed by atoms with Gasteiger partial charge in [-0.25, -0.2) is 44.7 Å². The molecule has 1 heterocycles. The number of benzene rings is 4. The lowest BCUT2D eigenvalue weighted by Crippen LogP contribution is -2.37. The molecule has 0 aliphatic carbocycles. The van der Waals surface area contributed by atoms with Crippen molar-refractivity contribution < 1.29 is 112 Å². The minimum Gasteiger partial charge on any atom is -0.493 e. The Morgan fingerprint density at radius 1 is 0.507 bits per heavy atom. The molecule has 1 aliphatic rings. The molecule has 0 radical (unpaired) electrons. The van der Waals surface area contributed by atoms with Gasteiger partial charge in [0.1, 0.15) is 57.4 Å². The molecule has 8 nitrogen and oxygen atoms in total. The molecule has 0 amide bonds. The van der Waals surface area contributed by atoms with Crippen LogP contribution in [0.15, 0.2) is 58.3 Å². The van der Waals surface area contributed by atoms with Gasteiger partial charge in [0.05, 0.1) is 26.4 Å². The first-order valence-corrected chi connectivity index (χ1v) is 23.8. The van der Waals surface area contributed by atoms with Gasteiger partial charge in [-0.15, -0.1) is 0 Å². The third-order valence-corrected chi connectivity index (χ3v) is 12.3. The first-order chi connectivity index (χ1) is 31.5. The van der Waals surface area contributed by atoms with Crippen molar-refractivity contribution in [1.82, 2.24) is 0 Å². The van der Waals surface area contributed by atoms with Gasteiger partial charge in [0.15, 0.2) is 39.3 Å². The van der Waals surface area contributed by atoms with Crippen molar-refractivity contribution >= 4 is 32.4 Å². The fraction of sp³-hybridized carbons (Fsp3) is 0.366. The number of esters is 2. The predicted molar refractivity (Wildman–Crippen MR) is 210 cm³/mol. The summed E-state index contributed by atoms with van der Waals surface area (Å²) in [5.41, 5.74) is -2.94. The Hall–Kier alpha value is -5.22. The molecule has 28 heteroatoms. The summed E-state index contributed by atoms with van der Waals surface area (Å²) >= 11 is 0. The van der Waals surface area contributed by atoms with Gasteiger partial charge in [-0.3, -0.25) is 0 Å². The van der Waals surface area contributed by atoms with Crippen LogP contribution >= 0.6 is 20.4 Å². The quantitative estimate of drug-likeness (QED) is 0.0374. The van der Waals surface area contributed by atoms with Crippen LogP contribution in [0, 0.1) is 58.4 Å². The van der Waals surface area contributed by atoms with Gasteiger partial charge < -0.3 is 28.4 Å². The molecule has 0 aromatic heterocycles. The Morgan fingerprint density at radius 3 is 1.10 bits per heavy atom. The molecule has 5 rings (SSSR count). The molecule has 0 atom stereocenters. The molecule has 0 spiro atoms. The van der Waals surface area contributed by atoms with Crippen molar-refractivity contribution in [2.24, 2.45) is 11.8 Å². The van der Waals surface area contributed by atoms with Crippen LogP contribution < -0.4 is 18.9 Å². The second-order valence-corrected chi connectivity index (χ2v) is 20.1. The lowest BCUT2D eigenvalue weighted by atomic mass is 9.94. The van der Waals surface area contributed by atoms with Gasteiger partial charge in [-0.05, 0) is 44.9 Å². The highest BCUT2D eigenvalue weighted by Gasteiger charge is 2.70. The predicted octanol–water partition coefficient (Wildman–Crippen LogP) is 15.4. The number of carbonyl (C=O) groups is 2. The highest BCUT2D eigenvalue weighted by molar-refractivity contribution is 8.46. The van der Waals surface area contributed by atoms with Crippen LogP contribution in [0.25, 0.3) is 0 Å². The summed E-state index contributed by atoms with van der Waals surface area (Å²) in [5.74, 6) is -25.8. The van der Waals surface area contributed by atoms with Gasteiger partial charge in [0.25, 0.3) is 0 Å². The summed E-state index contributed by atoms with van der Waals surface area (Å²) in [7, 11) is -21.8. The molecule has 0 saturated carbocycles. The monoisotopic (exact) mass is 1060 g/mol. The molecular weight excluding hydrogens is 1030 g/mol. The average molecular weight is 1060 g/mol. The zero-order valence-corrected chi connectivity index (χ0v) is 36.6. The van der Waals surface area contributed by atoms with E-state index in [1.54, 1.807) is 0 Å². The zero-order valence-electron chi connectivity index (χ0n) is 35.0. The van der Waals surface area contributed by atoms with Crippen LogP contribution in [0.4, 0.5) is 74.0 Å². The first-order valence-electron chi connectivity index (χ1n) is 19.9. The molecule has 0 unspecified atom stereocenters. The number of halogens is 18. The Morgan fingerprint density at radius 2 is 0.812 bits per heavy atom. The lowest BCUT2D eigenvalue weighted by molar-refractivity contribution is -0.227. The van der Waals surface area contributed by atoms with E-state index >= 15 is 0 Å². The van der Waals surface area contributed by atoms with E-state index in [0.29, 0.717) is 63.2 Å². The summed E-state index contributed by atoms with van der Waals surface area (Å²) in [4.78, 5) is 17.8. The Labute approximate surface area is 379 Å². The van der Waals surface area contributed by atoms with Crippen LogP contribution in [0.1, 0.15) is 72.6 Å². The molecule has 1 aliphatic heterocycles. The Bertz CT molecular complexity index is 2340. The Balaban J connectivity index is 1.12. The second-order valence-electron chi connectivity index (χ2n) is 15.4. The topological polar surface area (TPSA) is 89.5 Å². The van der Waals surface area contributed by atoms with Gasteiger partial charge in [-0.2, -0.15) is 0 Å². The summed E-state index contributed by atoms with van der Waals surface area (Å²) in [6, 6.07) is 0.424. The third kappa shape index (κ3) is 14.4. The maximum atomic E-state index is 14.8. The van der Waals surface area contributed by atoms with E-state index in [2.05, 4.69) is 9.47 Å². The normalized spacial score (nSPS) is 18.0. The van der Waals surface area contributed by atoms with Gasteiger partial charge >= 0.3 is 32.4 Å². The van der Waals surface area contributed by atoms with Crippen molar-refractivity contribution in [1.29, 1.82) is 0 Å². The highest BCUT2D eigenvalue weighted by Crippen LogP contribution is 3.03. The molecule has 4 aromatic rings. The molecule has 386 valence electrons. The molecule has 4 aromatic carbocycles. The number of unbranched alkanes of at least 4 members (excludes halogenated alkanes) is 2. The van der Waals surface area contributed by atoms with E-state index in [0.717, 1.165) is 6.42 Å². The SMILES string of the molecule is CCC1COC(C(CCCCOc2cc(F)c(C(=O)Oc3cc(F)c(S(F)(F)(F)(F)F)c(F)c3)c(F)c2)CCCCOc2cc(F)c(C(=O)Oc3cc(F)c(S(F)(F)(F)(F)F)c(F)c3)c(F)c2)OC1. The average Bonchev–Trinajstić information content (AvgIpc) is 3.16. The van der Waals surface area contributed by atoms with E-state index < -0.39 is 153 Å². The summed E-state index contributed by atoms with van der Waals surface area (Å²) < 4.78 is 276. The van der Waals surface area contributed by atoms with Crippen LogP contribution in [0.2, 0.25) is 0 Å². The van der Waals surface area contributed by atoms with E-state index in [1.807, 2.05) is 6.92 Å². The van der Waals surface area contributed by atoms with Gasteiger partial charge in [-0.1, -0.05) is 45.8 Å². The maximum Gasteiger partial charge on any atom is 0.349 e. The van der Waals surface area contributed by atoms with Crippen molar-refractivity contribution in [3.63, 3.8) is 0 Å². The van der Waals surface area contributed by atoms with Crippen molar-refractivity contribution in [3.05, 3.63) is 106 Å². The van der Waals surface area contributed by atoms with Crippen LogP contribution in [0.3, 0.4) is 0 Å². The zero-order chi connectivity index (χ0) is 51.6. The van der Waals surface area contributed by atoms with Gasteiger partial charge in [0.2, 0.25) is 0 Å². The van der Waals surface area contributed by atoms with Crippen molar-refractivity contribution in [3.8, 4) is 23.0 Å². The van der Waals surface area contributed by atoms with E-state index in [-0.39, 0.29) is 37.9 Å². The number of hydrogen-bond acceptors (Lipinski definition) is 8. The standard InChI is InChI=1S/C41H36F18O8S2/c1-2-21-19-64-41(65-20-21)22(7-3-5-9-62-23-11-27(42)35(28(43)12-23)39(60)66-25-15-31(46)37(32(47)16-25)68(50,51,52,53)54)8-4-6-10-63-24-13-29(44)36(30(45)14-24)40(61)67-26-17-33(48)38(34(49)18-26)69(55,56,57,58)59/h11-18,21-22,41H,2-10,19-20H2,1H3. The van der Waals surface area contributed by atoms with Crippen molar-refractivity contribution in [2.45, 2.75) is 68.0 Å². The summed E-state index contributed by atoms with van der Waals surface area (Å²) in [5, 5.41) is 0. The number of ether oxygens (including phenoxy) is 6. The van der Waals surface area contributed by atoms with E-state index in [9.17, 15) is 83.6 Å². The number of carbonyl (C=O) groups excluding carboxylic acids is 2. The van der Waals surface area contributed by atoms with Crippen LogP contribution in [0.5, 0.6) is 23.0 Å². The maximum absolute atomic E-state index is 14.8. The molecule has 1 saturated heterocycles. The van der Waals surface area contributed by atoms with Crippen molar-refractivity contribution in [2.75, 3.05) is 26.4 Å². The lowest BCUT2D eigenvalue weighted by Gasteiger charge is -2.40. The molecule has 0 N–H and O–H groups in total. The van der Waals surface area contributed by atoms with Gasteiger partial charge in [0, 0.05) is 60.4 Å². The summed E-state index contributed by atoms with van der Waals surface area (Å²) in [6.07, 6.45) is 2.36. The second kappa shape index (κ2) is 18.8. The first kappa shape index (κ1) is 54.7. The fourth-order valence-corrected chi connectivity index (χ4v) is 8.49. The Kier molecular flexibility index (Phi) is 14.9. The highest BCUT2D eigenvalue weighted by atomic mass is 32.5. The fourth-order valence-electron chi connectivity index (χ4n) is 6.78. The number of hydrogen-bond donors (Lipinski definition) is 0. The molecule has 0 bridgehead atoms. The third-order valence-electron chi connectivity index (χ3n) is 10.0. The minimum absolute atomic E-state index is 0.131. The van der Waals surface area contributed by atoms with E-state index in [1.165, 1.54) is 0 Å². The summed E-state index contributed by atoms with van der Waals surface area (Å²) in [6.45, 7) is 2.42. The smallest absolute Gasteiger partial charge is 0.349 e.